The molecule has 1 aliphatic carbocycles. The fourth-order valence-electron chi connectivity index (χ4n) is 1.70. The van der Waals surface area contributed by atoms with E-state index in [0.717, 1.165) is 24.8 Å². The zero-order valence-corrected chi connectivity index (χ0v) is 9.36. The van der Waals surface area contributed by atoms with Crippen molar-refractivity contribution in [2.24, 2.45) is 0 Å². The Morgan fingerprint density at radius 2 is 2.31 bits per heavy atom. The lowest BCUT2D eigenvalue weighted by Gasteiger charge is -2.36. The highest BCUT2D eigenvalue weighted by Gasteiger charge is 2.34. The molecule has 0 aromatic carbocycles. The Morgan fingerprint density at radius 3 is 2.81 bits per heavy atom. The number of amides is 1. The van der Waals surface area contributed by atoms with E-state index in [-0.39, 0.29) is 5.91 Å². The second-order valence-corrected chi connectivity index (χ2v) is 4.48. The van der Waals surface area contributed by atoms with E-state index >= 15 is 0 Å². The zero-order valence-electron chi connectivity index (χ0n) is 9.36. The summed E-state index contributed by atoms with van der Waals surface area (Å²) in [5, 5.41) is 12.5. The first-order valence-electron chi connectivity index (χ1n) is 5.52. The quantitative estimate of drug-likeness (QED) is 0.800. The first kappa shape index (κ1) is 11.1. The number of nitrogens with one attached hydrogen (secondary N) is 1. The van der Waals surface area contributed by atoms with Crippen LogP contribution in [0.2, 0.25) is 0 Å². The Bertz CT molecular complexity index is 383. The first-order chi connectivity index (χ1) is 7.59. The van der Waals surface area contributed by atoms with Crippen LogP contribution >= 0.6 is 0 Å². The van der Waals surface area contributed by atoms with Gasteiger partial charge in [0.05, 0.1) is 5.60 Å². The molecule has 0 spiro atoms. The summed E-state index contributed by atoms with van der Waals surface area (Å²) in [5.74, 6) is -0.222. The van der Waals surface area contributed by atoms with Crippen molar-refractivity contribution in [2.75, 3.05) is 6.54 Å². The van der Waals surface area contributed by atoms with E-state index in [4.69, 9.17) is 0 Å². The van der Waals surface area contributed by atoms with Crippen LogP contribution in [0.3, 0.4) is 0 Å². The molecule has 2 rings (SSSR count). The average Bonchev–Trinajstić information content (AvgIpc) is 2.24. The number of carbonyl (C=O) groups is 1. The van der Waals surface area contributed by atoms with Crippen LogP contribution in [0.15, 0.2) is 18.3 Å². The second kappa shape index (κ2) is 4.22. The summed E-state index contributed by atoms with van der Waals surface area (Å²) >= 11 is 0. The molecule has 0 unspecified atom stereocenters. The first-order valence-corrected chi connectivity index (χ1v) is 5.52. The SMILES string of the molecule is Cc1ccc(C(=O)NCC2(O)CCC2)nc1. The molecule has 0 radical (unpaired) electrons. The van der Waals surface area contributed by atoms with Gasteiger partial charge in [-0.05, 0) is 37.8 Å². The summed E-state index contributed by atoms with van der Waals surface area (Å²) in [6.07, 6.45) is 4.24. The van der Waals surface area contributed by atoms with E-state index in [2.05, 4.69) is 10.3 Å². The highest BCUT2D eigenvalue weighted by molar-refractivity contribution is 5.92. The Kier molecular flexibility index (Phi) is 2.92. The van der Waals surface area contributed by atoms with Gasteiger partial charge in [-0.2, -0.15) is 0 Å². The molecule has 1 aromatic rings. The number of nitrogens with zero attached hydrogens (tertiary/aromatic N) is 1. The molecule has 4 heteroatoms. The van der Waals surface area contributed by atoms with Crippen LogP contribution in [0, 0.1) is 6.92 Å². The standard InChI is InChI=1S/C12H16N2O2/c1-9-3-4-10(13-7-9)11(15)14-8-12(16)5-2-6-12/h3-4,7,16H,2,5-6,8H2,1H3,(H,14,15). The molecule has 0 saturated heterocycles. The molecule has 1 aliphatic rings. The Hall–Kier alpha value is -1.42. The van der Waals surface area contributed by atoms with E-state index in [1.807, 2.05) is 13.0 Å². The van der Waals surface area contributed by atoms with Gasteiger partial charge in [0.2, 0.25) is 0 Å². The van der Waals surface area contributed by atoms with Crippen molar-refractivity contribution in [3.63, 3.8) is 0 Å². The lowest BCUT2D eigenvalue weighted by Crippen LogP contribution is -2.47. The van der Waals surface area contributed by atoms with E-state index in [0.29, 0.717) is 12.2 Å². The number of hydrogen-bond donors (Lipinski definition) is 2. The van der Waals surface area contributed by atoms with Crippen LogP contribution in [-0.4, -0.2) is 28.1 Å². The maximum absolute atomic E-state index is 11.7. The molecule has 1 aromatic heterocycles. The maximum atomic E-state index is 11.7. The van der Waals surface area contributed by atoms with Gasteiger partial charge in [-0.3, -0.25) is 9.78 Å². The van der Waals surface area contributed by atoms with Crippen LogP contribution < -0.4 is 5.32 Å². The number of aliphatic hydroxyl groups is 1. The van der Waals surface area contributed by atoms with Gasteiger partial charge in [0.15, 0.2) is 0 Å². The number of hydrogen-bond acceptors (Lipinski definition) is 3. The molecule has 0 atom stereocenters. The van der Waals surface area contributed by atoms with Crippen LogP contribution in [0.5, 0.6) is 0 Å². The Morgan fingerprint density at radius 1 is 1.56 bits per heavy atom. The summed E-state index contributed by atoms with van der Waals surface area (Å²) in [6.45, 7) is 2.24. The minimum atomic E-state index is -0.680. The van der Waals surface area contributed by atoms with Gasteiger partial charge in [-0.1, -0.05) is 6.07 Å². The van der Waals surface area contributed by atoms with Crippen molar-refractivity contribution in [3.8, 4) is 0 Å². The predicted octanol–water partition coefficient (Wildman–Crippen LogP) is 1.03. The molecule has 16 heavy (non-hydrogen) atoms. The molecule has 4 nitrogen and oxygen atoms in total. The lowest BCUT2D eigenvalue weighted by molar-refractivity contribution is -0.0300. The molecule has 0 aliphatic heterocycles. The predicted molar refractivity (Wildman–Crippen MR) is 60.1 cm³/mol. The normalized spacial score (nSPS) is 17.6. The third kappa shape index (κ3) is 2.39. The molecular weight excluding hydrogens is 204 g/mol. The van der Waals surface area contributed by atoms with E-state index in [1.54, 1.807) is 12.3 Å². The topological polar surface area (TPSA) is 62.2 Å². The molecule has 2 N–H and O–H groups in total. The second-order valence-electron chi connectivity index (χ2n) is 4.48. The van der Waals surface area contributed by atoms with E-state index < -0.39 is 5.60 Å². The molecule has 1 fully saturated rings. The molecule has 86 valence electrons. The van der Waals surface area contributed by atoms with Crippen molar-refractivity contribution in [2.45, 2.75) is 31.8 Å². The third-order valence-corrected chi connectivity index (χ3v) is 3.01. The third-order valence-electron chi connectivity index (χ3n) is 3.01. The van der Waals surface area contributed by atoms with Gasteiger partial charge >= 0.3 is 0 Å². The van der Waals surface area contributed by atoms with Gasteiger partial charge < -0.3 is 10.4 Å². The van der Waals surface area contributed by atoms with Crippen molar-refractivity contribution in [3.05, 3.63) is 29.6 Å². The maximum Gasteiger partial charge on any atom is 0.269 e. The molecule has 1 saturated carbocycles. The minimum absolute atomic E-state index is 0.222. The summed E-state index contributed by atoms with van der Waals surface area (Å²) in [7, 11) is 0. The monoisotopic (exact) mass is 220 g/mol. The fourth-order valence-corrected chi connectivity index (χ4v) is 1.70. The van der Waals surface area contributed by atoms with Gasteiger partial charge in [-0.25, -0.2) is 0 Å². The van der Waals surface area contributed by atoms with Crippen LogP contribution in [-0.2, 0) is 0 Å². The molecule has 1 heterocycles. The van der Waals surface area contributed by atoms with Crippen LogP contribution in [0.4, 0.5) is 0 Å². The average molecular weight is 220 g/mol. The highest BCUT2D eigenvalue weighted by Crippen LogP contribution is 2.30. The largest absolute Gasteiger partial charge is 0.388 e. The minimum Gasteiger partial charge on any atom is -0.388 e. The number of aromatic nitrogens is 1. The molecular formula is C12H16N2O2. The van der Waals surface area contributed by atoms with E-state index in [9.17, 15) is 9.90 Å². The highest BCUT2D eigenvalue weighted by atomic mass is 16.3. The fraction of sp³-hybridized carbons (Fsp3) is 0.500. The molecule has 1 amide bonds. The smallest absolute Gasteiger partial charge is 0.269 e. The number of carbonyl (C=O) groups excluding carboxylic acids is 1. The van der Waals surface area contributed by atoms with Crippen molar-refractivity contribution < 1.29 is 9.90 Å². The van der Waals surface area contributed by atoms with Crippen molar-refractivity contribution in [1.29, 1.82) is 0 Å². The van der Waals surface area contributed by atoms with E-state index in [1.165, 1.54) is 0 Å². The summed E-state index contributed by atoms with van der Waals surface area (Å²) in [4.78, 5) is 15.7. The van der Waals surface area contributed by atoms with Gasteiger partial charge in [0.1, 0.15) is 5.69 Å². The summed E-state index contributed by atoms with van der Waals surface area (Å²) in [6, 6.07) is 3.54. The van der Waals surface area contributed by atoms with Gasteiger partial charge in [0.25, 0.3) is 5.91 Å². The van der Waals surface area contributed by atoms with Gasteiger partial charge in [0, 0.05) is 12.7 Å². The summed E-state index contributed by atoms with van der Waals surface area (Å²) in [5.41, 5.74) is 0.739. The number of aryl methyl sites for hydroxylation is 1. The Labute approximate surface area is 94.7 Å². The summed E-state index contributed by atoms with van der Waals surface area (Å²) < 4.78 is 0. The molecule has 0 bridgehead atoms. The lowest BCUT2D eigenvalue weighted by atomic mass is 9.80. The van der Waals surface area contributed by atoms with Crippen molar-refractivity contribution >= 4 is 5.91 Å². The zero-order chi connectivity index (χ0) is 11.6. The van der Waals surface area contributed by atoms with Crippen LogP contribution in [0.1, 0.15) is 35.3 Å². The number of pyridine rings is 1. The van der Waals surface area contributed by atoms with Crippen LogP contribution in [0.25, 0.3) is 0 Å². The Balaban J connectivity index is 1.90. The van der Waals surface area contributed by atoms with Crippen molar-refractivity contribution in [1.82, 2.24) is 10.3 Å². The van der Waals surface area contributed by atoms with Gasteiger partial charge in [-0.15, -0.1) is 0 Å². The number of rotatable bonds is 3.